The number of carbonyl (C=O) groups is 1. The van der Waals surface area contributed by atoms with E-state index in [2.05, 4.69) is 20.6 Å². The minimum atomic E-state index is -0.232. The highest BCUT2D eigenvalue weighted by Gasteiger charge is 2.11. The number of nitrogens with zero attached hydrogens (tertiary/aromatic N) is 2. The Labute approximate surface area is 158 Å². The first-order valence-corrected chi connectivity index (χ1v) is 8.69. The van der Waals surface area contributed by atoms with Gasteiger partial charge in [0.15, 0.2) is 0 Å². The maximum atomic E-state index is 12.4. The molecule has 0 spiro atoms. The van der Waals surface area contributed by atoms with E-state index in [4.69, 9.17) is 4.74 Å². The average Bonchev–Trinajstić information content (AvgIpc) is 2.71. The molecule has 6 heteroatoms. The van der Waals surface area contributed by atoms with Crippen molar-refractivity contribution in [1.29, 1.82) is 0 Å². The molecule has 138 valence electrons. The number of anilines is 1. The average molecular weight is 362 g/mol. The van der Waals surface area contributed by atoms with Crippen molar-refractivity contribution in [2.45, 2.75) is 20.0 Å². The Morgan fingerprint density at radius 3 is 2.52 bits per heavy atom. The van der Waals surface area contributed by atoms with Gasteiger partial charge in [0.1, 0.15) is 11.4 Å². The number of rotatable bonds is 7. The number of nitrogens with one attached hydrogen (secondary N) is 2. The van der Waals surface area contributed by atoms with E-state index >= 15 is 0 Å². The molecule has 1 aromatic heterocycles. The maximum Gasteiger partial charge on any atom is 0.270 e. The second-order valence-corrected chi connectivity index (χ2v) is 6.05. The SMILES string of the molecule is COc1ccccc1CNc1nc(C)cc(C(=O)NCc2ccccc2)n1. The molecular weight excluding hydrogens is 340 g/mol. The van der Waals surface area contributed by atoms with E-state index < -0.39 is 0 Å². The zero-order chi connectivity index (χ0) is 19.1. The molecule has 6 nitrogen and oxygen atoms in total. The van der Waals surface area contributed by atoms with E-state index in [0.29, 0.717) is 24.7 Å². The van der Waals surface area contributed by atoms with Crippen LogP contribution in [-0.4, -0.2) is 23.0 Å². The molecule has 0 saturated carbocycles. The number of benzene rings is 2. The Kier molecular flexibility index (Phi) is 5.99. The normalized spacial score (nSPS) is 10.3. The molecule has 1 heterocycles. The third-order valence-corrected chi connectivity index (χ3v) is 4.01. The first-order chi connectivity index (χ1) is 13.2. The zero-order valence-electron chi connectivity index (χ0n) is 15.4. The summed E-state index contributed by atoms with van der Waals surface area (Å²) in [5, 5.41) is 6.05. The second-order valence-electron chi connectivity index (χ2n) is 6.05. The van der Waals surface area contributed by atoms with Crippen molar-refractivity contribution in [2.24, 2.45) is 0 Å². The van der Waals surface area contributed by atoms with Crippen LogP contribution in [0.4, 0.5) is 5.95 Å². The van der Waals surface area contributed by atoms with E-state index in [1.54, 1.807) is 13.2 Å². The van der Waals surface area contributed by atoms with Crippen molar-refractivity contribution in [1.82, 2.24) is 15.3 Å². The molecule has 3 aromatic rings. The summed E-state index contributed by atoms with van der Waals surface area (Å²) in [6.07, 6.45) is 0. The van der Waals surface area contributed by atoms with Gasteiger partial charge < -0.3 is 15.4 Å². The van der Waals surface area contributed by atoms with E-state index in [1.807, 2.05) is 61.5 Å². The van der Waals surface area contributed by atoms with Gasteiger partial charge in [0, 0.05) is 24.3 Å². The van der Waals surface area contributed by atoms with Crippen molar-refractivity contribution in [3.63, 3.8) is 0 Å². The molecule has 1 amide bonds. The van der Waals surface area contributed by atoms with Gasteiger partial charge in [-0.2, -0.15) is 0 Å². The quantitative estimate of drug-likeness (QED) is 0.674. The molecule has 27 heavy (non-hydrogen) atoms. The minimum Gasteiger partial charge on any atom is -0.496 e. The summed E-state index contributed by atoms with van der Waals surface area (Å²) in [5.74, 6) is 0.967. The summed E-state index contributed by atoms with van der Waals surface area (Å²) >= 11 is 0. The zero-order valence-corrected chi connectivity index (χ0v) is 15.4. The predicted molar refractivity (Wildman–Crippen MR) is 105 cm³/mol. The van der Waals surface area contributed by atoms with Crippen molar-refractivity contribution in [2.75, 3.05) is 12.4 Å². The third kappa shape index (κ3) is 5.04. The number of ether oxygens (including phenoxy) is 1. The summed E-state index contributed by atoms with van der Waals surface area (Å²) < 4.78 is 5.35. The van der Waals surface area contributed by atoms with Crippen molar-refractivity contribution >= 4 is 11.9 Å². The highest BCUT2D eigenvalue weighted by Crippen LogP contribution is 2.18. The van der Waals surface area contributed by atoms with Crippen molar-refractivity contribution in [3.05, 3.63) is 83.2 Å². The van der Waals surface area contributed by atoms with Gasteiger partial charge in [0.2, 0.25) is 5.95 Å². The lowest BCUT2D eigenvalue weighted by molar-refractivity contribution is 0.0945. The standard InChI is InChI=1S/C21H22N4O2/c1-15-12-18(20(26)22-13-16-8-4-3-5-9-16)25-21(24-15)23-14-17-10-6-7-11-19(17)27-2/h3-12H,13-14H2,1-2H3,(H,22,26)(H,23,24,25). The lowest BCUT2D eigenvalue weighted by Crippen LogP contribution is -2.24. The molecule has 0 aliphatic heterocycles. The Hall–Kier alpha value is -3.41. The Morgan fingerprint density at radius 1 is 1.00 bits per heavy atom. The van der Waals surface area contributed by atoms with Crippen molar-refractivity contribution in [3.8, 4) is 5.75 Å². The summed E-state index contributed by atoms with van der Waals surface area (Å²) in [6.45, 7) is 2.79. The highest BCUT2D eigenvalue weighted by atomic mass is 16.5. The molecule has 0 bridgehead atoms. The summed E-state index contributed by atoms with van der Waals surface area (Å²) in [6, 6.07) is 19.2. The molecule has 0 unspecified atom stereocenters. The van der Waals surface area contributed by atoms with Crippen LogP contribution in [0.1, 0.15) is 27.3 Å². The van der Waals surface area contributed by atoms with Crippen LogP contribution in [0.15, 0.2) is 60.7 Å². The highest BCUT2D eigenvalue weighted by molar-refractivity contribution is 5.92. The Bertz CT molecular complexity index is 913. The van der Waals surface area contributed by atoms with Gasteiger partial charge in [-0.1, -0.05) is 48.5 Å². The molecule has 2 N–H and O–H groups in total. The number of methoxy groups -OCH3 is 1. The number of hydrogen-bond acceptors (Lipinski definition) is 5. The van der Waals surface area contributed by atoms with E-state index in [1.165, 1.54) is 0 Å². The third-order valence-electron chi connectivity index (χ3n) is 4.01. The van der Waals surface area contributed by atoms with E-state index in [9.17, 15) is 4.79 Å². The second kappa shape index (κ2) is 8.80. The summed E-state index contributed by atoms with van der Waals surface area (Å²) in [4.78, 5) is 21.2. The van der Waals surface area contributed by atoms with E-state index in [0.717, 1.165) is 22.6 Å². The van der Waals surface area contributed by atoms with Gasteiger partial charge in [0.05, 0.1) is 7.11 Å². The van der Waals surface area contributed by atoms with Crippen molar-refractivity contribution < 1.29 is 9.53 Å². The first-order valence-electron chi connectivity index (χ1n) is 8.69. The van der Waals surface area contributed by atoms with Crippen LogP contribution >= 0.6 is 0 Å². The molecule has 0 aliphatic rings. The molecule has 2 aromatic carbocycles. The molecular formula is C21H22N4O2. The Morgan fingerprint density at radius 2 is 1.74 bits per heavy atom. The lowest BCUT2D eigenvalue weighted by atomic mass is 10.2. The number of hydrogen-bond donors (Lipinski definition) is 2. The van der Waals surface area contributed by atoms with Crippen LogP contribution in [0, 0.1) is 6.92 Å². The van der Waals surface area contributed by atoms with Gasteiger partial charge in [0.25, 0.3) is 5.91 Å². The van der Waals surface area contributed by atoms with E-state index in [-0.39, 0.29) is 5.91 Å². The van der Waals surface area contributed by atoms with Gasteiger partial charge in [-0.05, 0) is 24.6 Å². The van der Waals surface area contributed by atoms with Gasteiger partial charge in [-0.25, -0.2) is 9.97 Å². The topological polar surface area (TPSA) is 76.1 Å². The largest absolute Gasteiger partial charge is 0.496 e. The Balaban J connectivity index is 1.67. The van der Waals surface area contributed by atoms with Crippen LogP contribution in [0.5, 0.6) is 5.75 Å². The molecule has 0 fully saturated rings. The lowest BCUT2D eigenvalue weighted by Gasteiger charge is -2.11. The fraction of sp³-hybridized carbons (Fsp3) is 0.190. The number of amides is 1. The molecule has 0 aliphatic carbocycles. The number of para-hydroxylation sites is 1. The number of aryl methyl sites for hydroxylation is 1. The van der Waals surface area contributed by atoms with Gasteiger partial charge in [-0.15, -0.1) is 0 Å². The maximum absolute atomic E-state index is 12.4. The molecule has 0 radical (unpaired) electrons. The minimum absolute atomic E-state index is 0.232. The number of aromatic nitrogens is 2. The fourth-order valence-electron chi connectivity index (χ4n) is 2.66. The van der Waals surface area contributed by atoms with Crippen LogP contribution in [0.2, 0.25) is 0 Å². The van der Waals surface area contributed by atoms with Crippen LogP contribution in [0.3, 0.4) is 0 Å². The van der Waals surface area contributed by atoms with Crippen LogP contribution < -0.4 is 15.4 Å². The smallest absolute Gasteiger partial charge is 0.270 e. The monoisotopic (exact) mass is 362 g/mol. The fourth-order valence-corrected chi connectivity index (χ4v) is 2.66. The summed E-state index contributed by atoms with van der Waals surface area (Å²) in [7, 11) is 1.64. The van der Waals surface area contributed by atoms with Crippen LogP contribution in [0.25, 0.3) is 0 Å². The number of carbonyl (C=O) groups excluding carboxylic acids is 1. The first kappa shape index (κ1) is 18.4. The molecule has 3 rings (SSSR count). The molecule has 0 saturated heterocycles. The van der Waals surface area contributed by atoms with Gasteiger partial charge >= 0.3 is 0 Å². The van der Waals surface area contributed by atoms with Gasteiger partial charge in [-0.3, -0.25) is 4.79 Å². The van der Waals surface area contributed by atoms with Crippen LogP contribution in [-0.2, 0) is 13.1 Å². The predicted octanol–water partition coefficient (Wildman–Crippen LogP) is 3.34. The molecule has 0 atom stereocenters. The summed E-state index contributed by atoms with van der Waals surface area (Å²) in [5.41, 5.74) is 3.07.